The van der Waals surface area contributed by atoms with Crippen molar-refractivity contribution < 1.29 is 33.1 Å². The molecule has 2 atom stereocenters. The Morgan fingerprint density at radius 2 is 2.08 bits per heavy atom. The van der Waals surface area contributed by atoms with Gasteiger partial charge in [0.05, 0.1) is 19.5 Å². The van der Waals surface area contributed by atoms with Crippen molar-refractivity contribution in [2.24, 2.45) is 10.8 Å². The number of ether oxygens (including phenoxy) is 2. The van der Waals surface area contributed by atoms with Crippen molar-refractivity contribution in [3.8, 4) is 0 Å². The number of esters is 1. The van der Waals surface area contributed by atoms with E-state index in [1.54, 1.807) is 0 Å². The maximum absolute atomic E-state index is 12.4. The molecule has 8 nitrogen and oxygen atoms in total. The van der Waals surface area contributed by atoms with Crippen LogP contribution in [0, 0.1) is 10.8 Å². The minimum atomic E-state index is -4.70. The Morgan fingerprint density at radius 3 is 2.56 bits per heavy atom. The van der Waals surface area contributed by atoms with Gasteiger partial charge in [0, 0.05) is 5.41 Å². The van der Waals surface area contributed by atoms with E-state index < -0.39 is 32.7 Å². The molecule has 25 heavy (non-hydrogen) atoms. The predicted octanol–water partition coefficient (Wildman–Crippen LogP) is 2.32. The van der Waals surface area contributed by atoms with Gasteiger partial charge in [-0.25, -0.2) is 4.57 Å². The summed E-state index contributed by atoms with van der Waals surface area (Å²) in [5.74, 6) is -0.635. The fraction of sp³-hybridized carbons (Fsp3) is 0.812. The van der Waals surface area contributed by atoms with Gasteiger partial charge in [-0.1, -0.05) is 41.0 Å². The van der Waals surface area contributed by atoms with E-state index in [0.717, 1.165) is 12.8 Å². The molecule has 0 spiro atoms. The van der Waals surface area contributed by atoms with E-state index in [1.165, 1.54) is 6.26 Å². The topological polar surface area (TPSA) is 114 Å². The van der Waals surface area contributed by atoms with Crippen molar-refractivity contribution in [1.29, 1.82) is 0 Å². The zero-order chi connectivity index (χ0) is 19.3. The molecule has 0 radical (unpaired) electrons. The summed E-state index contributed by atoms with van der Waals surface area (Å²) in [5, 5.41) is 2.92. The Kier molecular flexibility index (Phi) is 7.65. The molecular weight excluding hydrogens is 349 g/mol. The van der Waals surface area contributed by atoms with Gasteiger partial charge in [-0.3, -0.25) is 14.6 Å². The molecule has 1 heterocycles. The van der Waals surface area contributed by atoms with Crippen molar-refractivity contribution in [3.63, 3.8) is 0 Å². The Hall–Kier alpha value is -0.920. The molecule has 2 unspecified atom stereocenters. The van der Waals surface area contributed by atoms with Crippen LogP contribution in [0.5, 0.6) is 0 Å². The standard InChI is InChI=1S/C16H30NO7P/c1-6-7-15(2,3)11-23-13(18)12(10-24-25(19,20)21)17-14-16(4,5)8-9-22-14/h8-9,12,14,17H,6-7,10-11H2,1-5H3,(H2,19,20,21). The van der Waals surface area contributed by atoms with Gasteiger partial charge in [0.2, 0.25) is 0 Å². The first-order valence-corrected chi connectivity index (χ1v) is 9.85. The van der Waals surface area contributed by atoms with Crippen LogP contribution in [0.1, 0.15) is 47.5 Å². The fourth-order valence-electron chi connectivity index (χ4n) is 2.46. The highest BCUT2D eigenvalue weighted by Crippen LogP contribution is 2.36. The van der Waals surface area contributed by atoms with Crippen molar-refractivity contribution in [3.05, 3.63) is 12.3 Å². The highest BCUT2D eigenvalue weighted by molar-refractivity contribution is 7.46. The average Bonchev–Trinajstić information content (AvgIpc) is 2.78. The predicted molar refractivity (Wildman–Crippen MR) is 92.4 cm³/mol. The molecule has 0 aromatic rings. The minimum absolute atomic E-state index is 0.177. The summed E-state index contributed by atoms with van der Waals surface area (Å²) in [6.45, 7) is 9.54. The number of nitrogens with one attached hydrogen (secondary N) is 1. The van der Waals surface area contributed by atoms with Crippen molar-refractivity contribution in [2.45, 2.75) is 59.7 Å². The third-order valence-electron chi connectivity index (χ3n) is 3.97. The Balaban J connectivity index is 2.72. The molecule has 0 bridgehead atoms. The quantitative estimate of drug-likeness (QED) is 0.391. The molecule has 0 aromatic heterocycles. The fourth-order valence-corrected chi connectivity index (χ4v) is 2.81. The van der Waals surface area contributed by atoms with Crippen molar-refractivity contribution >= 4 is 13.8 Å². The second-order valence-electron chi connectivity index (χ2n) is 7.67. The van der Waals surface area contributed by atoms with E-state index in [4.69, 9.17) is 19.3 Å². The third-order valence-corrected chi connectivity index (χ3v) is 4.45. The zero-order valence-corrected chi connectivity index (χ0v) is 16.4. The highest BCUT2D eigenvalue weighted by Gasteiger charge is 2.37. The van der Waals surface area contributed by atoms with Gasteiger partial charge in [-0.05, 0) is 17.9 Å². The van der Waals surface area contributed by atoms with Crippen molar-refractivity contribution in [1.82, 2.24) is 5.32 Å². The van der Waals surface area contributed by atoms with E-state index >= 15 is 0 Å². The molecule has 0 saturated heterocycles. The van der Waals surface area contributed by atoms with Gasteiger partial charge in [-0.2, -0.15) is 0 Å². The smallest absolute Gasteiger partial charge is 0.469 e. The lowest BCUT2D eigenvalue weighted by molar-refractivity contribution is -0.152. The number of carbonyl (C=O) groups is 1. The summed E-state index contributed by atoms with van der Waals surface area (Å²) < 4.78 is 26.2. The number of hydrogen-bond donors (Lipinski definition) is 3. The molecule has 1 rings (SSSR count). The number of rotatable bonds is 10. The molecule has 1 aliphatic heterocycles. The Labute approximate surface area is 149 Å². The lowest BCUT2D eigenvalue weighted by Crippen LogP contribution is -2.51. The SMILES string of the molecule is CCCC(C)(C)COC(=O)C(COP(=O)(O)O)NC1OC=CC1(C)C. The van der Waals surface area contributed by atoms with Crippen LogP contribution in [-0.4, -0.2) is 41.2 Å². The van der Waals surface area contributed by atoms with Crippen molar-refractivity contribution in [2.75, 3.05) is 13.2 Å². The number of phosphoric acid groups is 1. The monoisotopic (exact) mass is 379 g/mol. The van der Waals surface area contributed by atoms with Gasteiger partial charge >= 0.3 is 13.8 Å². The largest absolute Gasteiger partial charge is 0.482 e. The molecule has 9 heteroatoms. The van der Waals surface area contributed by atoms with Gasteiger partial charge in [-0.15, -0.1) is 0 Å². The Morgan fingerprint density at radius 1 is 1.44 bits per heavy atom. The maximum Gasteiger partial charge on any atom is 0.469 e. The third kappa shape index (κ3) is 7.88. The van der Waals surface area contributed by atoms with Crippen LogP contribution in [-0.2, 0) is 23.4 Å². The normalized spacial score (nSPS) is 21.0. The van der Waals surface area contributed by atoms with Crippen LogP contribution in [0.15, 0.2) is 12.3 Å². The Bertz CT molecular complexity index is 527. The first kappa shape index (κ1) is 22.1. The average molecular weight is 379 g/mol. The van der Waals surface area contributed by atoms with Gasteiger partial charge < -0.3 is 19.3 Å². The van der Waals surface area contributed by atoms with Gasteiger partial charge in [0.25, 0.3) is 0 Å². The summed E-state index contributed by atoms with van der Waals surface area (Å²) in [7, 11) is -4.70. The number of carbonyl (C=O) groups excluding carboxylic acids is 1. The van der Waals surface area contributed by atoms with Gasteiger partial charge in [0.1, 0.15) is 6.04 Å². The summed E-state index contributed by atoms with van der Waals surface area (Å²) >= 11 is 0. The molecule has 0 fully saturated rings. The number of hydrogen-bond acceptors (Lipinski definition) is 6. The lowest BCUT2D eigenvalue weighted by atomic mass is 9.89. The summed E-state index contributed by atoms with van der Waals surface area (Å²) in [5.41, 5.74) is -0.564. The van der Waals surface area contributed by atoms with Gasteiger partial charge in [0.15, 0.2) is 6.23 Å². The van der Waals surface area contributed by atoms with Crippen LogP contribution >= 0.6 is 7.82 Å². The molecule has 1 aliphatic rings. The minimum Gasteiger partial charge on any atom is -0.482 e. The first-order chi connectivity index (χ1) is 11.4. The van der Waals surface area contributed by atoms with Crippen LogP contribution in [0.2, 0.25) is 0 Å². The van der Waals surface area contributed by atoms with E-state index in [-0.39, 0.29) is 17.4 Å². The van der Waals surface area contributed by atoms with Crippen LogP contribution in [0.4, 0.5) is 0 Å². The van der Waals surface area contributed by atoms with E-state index in [1.807, 2.05) is 40.7 Å². The molecule has 0 saturated carbocycles. The highest BCUT2D eigenvalue weighted by atomic mass is 31.2. The second kappa shape index (κ2) is 8.64. The maximum atomic E-state index is 12.4. The lowest BCUT2D eigenvalue weighted by Gasteiger charge is -2.30. The molecule has 3 N–H and O–H groups in total. The first-order valence-electron chi connectivity index (χ1n) is 8.32. The molecule has 0 aliphatic carbocycles. The summed E-state index contributed by atoms with van der Waals surface area (Å²) in [6, 6.07) is -1.06. The van der Waals surface area contributed by atoms with Crippen LogP contribution in [0.3, 0.4) is 0 Å². The second-order valence-corrected chi connectivity index (χ2v) is 8.91. The van der Waals surface area contributed by atoms with E-state index in [9.17, 15) is 9.36 Å². The molecule has 146 valence electrons. The van der Waals surface area contributed by atoms with Crippen LogP contribution < -0.4 is 5.32 Å². The van der Waals surface area contributed by atoms with E-state index in [0.29, 0.717) is 0 Å². The molecule has 0 amide bonds. The van der Waals surface area contributed by atoms with Crippen LogP contribution in [0.25, 0.3) is 0 Å². The summed E-state index contributed by atoms with van der Waals surface area (Å²) in [4.78, 5) is 30.2. The molecule has 0 aromatic carbocycles. The number of phosphoric ester groups is 1. The zero-order valence-electron chi connectivity index (χ0n) is 15.5. The molecular formula is C16H30NO7P. The van der Waals surface area contributed by atoms with E-state index in [2.05, 4.69) is 9.84 Å². The summed E-state index contributed by atoms with van der Waals surface area (Å²) in [6.07, 6.45) is 4.67.